The zero-order chi connectivity index (χ0) is 20.4. The molecule has 2 aliphatic heterocycles. The Morgan fingerprint density at radius 3 is 2.55 bits per heavy atom. The van der Waals surface area contributed by atoms with E-state index in [4.69, 9.17) is 16.3 Å². The van der Waals surface area contributed by atoms with Crippen LogP contribution in [-0.2, 0) is 11.3 Å². The van der Waals surface area contributed by atoms with Gasteiger partial charge in [-0.3, -0.25) is 9.69 Å². The molecule has 0 aromatic heterocycles. The average molecular weight is 413 g/mol. The first-order chi connectivity index (χ1) is 13.9. The van der Waals surface area contributed by atoms with Crippen molar-refractivity contribution >= 4 is 17.5 Å². The minimum atomic E-state index is -0.283. The van der Waals surface area contributed by atoms with E-state index in [-0.39, 0.29) is 23.5 Å². The van der Waals surface area contributed by atoms with E-state index in [0.29, 0.717) is 0 Å². The number of nitrogens with one attached hydrogen (secondary N) is 1. The van der Waals surface area contributed by atoms with Crippen LogP contribution in [0.3, 0.4) is 0 Å². The van der Waals surface area contributed by atoms with Gasteiger partial charge in [0.15, 0.2) is 0 Å². The summed E-state index contributed by atoms with van der Waals surface area (Å²) in [5.41, 5.74) is 2.06. The first-order valence-corrected chi connectivity index (χ1v) is 10.8. The number of hydrogen-bond donors (Lipinski definition) is 1. The fourth-order valence-corrected chi connectivity index (χ4v) is 4.55. The second kappa shape index (κ2) is 8.37. The van der Waals surface area contributed by atoms with Gasteiger partial charge in [-0.1, -0.05) is 41.9 Å². The van der Waals surface area contributed by atoms with Crippen LogP contribution >= 0.6 is 11.6 Å². The minimum absolute atomic E-state index is 0.00884. The highest BCUT2D eigenvalue weighted by atomic mass is 35.5. The normalized spacial score (nSPS) is 21.8. The van der Waals surface area contributed by atoms with Crippen LogP contribution in [0.1, 0.15) is 50.3 Å². The number of carbonyl (C=O) groups excluding carboxylic acids is 1. The zero-order valence-electron chi connectivity index (χ0n) is 17.2. The molecular formula is C24H29ClN2O2. The highest BCUT2D eigenvalue weighted by molar-refractivity contribution is 6.30. The first kappa shape index (κ1) is 20.2. The lowest BCUT2D eigenvalue weighted by molar-refractivity contribution is -0.127. The lowest BCUT2D eigenvalue weighted by atomic mass is 9.88. The second-order valence-corrected chi connectivity index (χ2v) is 9.28. The quantitative estimate of drug-likeness (QED) is 0.770. The van der Waals surface area contributed by atoms with E-state index < -0.39 is 0 Å². The maximum atomic E-state index is 13.0. The third-order valence-electron chi connectivity index (χ3n) is 5.97. The number of halogens is 1. The molecule has 0 spiro atoms. The van der Waals surface area contributed by atoms with Crippen molar-refractivity contribution < 1.29 is 9.53 Å². The lowest BCUT2D eigenvalue weighted by Gasteiger charge is -2.39. The number of hydrogen-bond acceptors (Lipinski definition) is 3. The van der Waals surface area contributed by atoms with E-state index in [9.17, 15) is 4.79 Å². The third kappa shape index (κ3) is 4.93. The zero-order valence-corrected chi connectivity index (χ0v) is 17.9. The molecule has 0 aliphatic carbocycles. The van der Waals surface area contributed by atoms with Crippen molar-refractivity contribution in [3.05, 3.63) is 64.7 Å². The number of rotatable bonds is 4. The molecule has 4 rings (SSSR count). The maximum Gasteiger partial charge on any atom is 0.223 e. The number of ether oxygens (including phenoxy) is 1. The van der Waals surface area contributed by atoms with Crippen LogP contribution in [0.4, 0.5) is 0 Å². The topological polar surface area (TPSA) is 41.6 Å². The van der Waals surface area contributed by atoms with Gasteiger partial charge in [-0.25, -0.2) is 0 Å². The Hall–Kier alpha value is -2.04. The van der Waals surface area contributed by atoms with Gasteiger partial charge in [0.1, 0.15) is 11.4 Å². The van der Waals surface area contributed by atoms with E-state index in [1.807, 2.05) is 30.3 Å². The van der Waals surface area contributed by atoms with Crippen LogP contribution in [0.25, 0.3) is 0 Å². The predicted molar refractivity (Wildman–Crippen MR) is 116 cm³/mol. The van der Waals surface area contributed by atoms with Crippen LogP contribution in [0.15, 0.2) is 48.5 Å². The number of fused-ring (bicyclic) bond motifs is 1. The number of likely N-dealkylation sites (tertiary alicyclic amines) is 1. The lowest BCUT2D eigenvalue weighted by Crippen LogP contribution is -2.45. The van der Waals surface area contributed by atoms with Gasteiger partial charge in [0.2, 0.25) is 5.91 Å². The monoisotopic (exact) mass is 412 g/mol. The molecular weight excluding hydrogens is 384 g/mol. The summed E-state index contributed by atoms with van der Waals surface area (Å²) in [4.78, 5) is 15.4. The molecule has 2 aromatic carbocycles. The highest BCUT2D eigenvalue weighted by Gasteiger charge is 2.35. The summed E-state index contributed by atoms with van der Waals surface area (Å²) >= 11 is 5.97. The van der Waals surface area contributed by atoms with Gasteiger partial charge in [-0.2, -0.15) is 0 Å². The fourth-order valence-electron chi connectivity index (χ4n) is 4.42. The number of benzene rings is 2. The number of nitrogens with zero attached hydrogens (tertiary/aromatic N) is 1. The summed E-state index contributed by atoms with van der Waals surface area (Å²) < 4.78 is 6.09. The number of para-hydroxylation sites is 1. The summed E-state index contributed by atoms with van der Waals surface area (Å²) in [5.74, 6) is 1.13. The molecule has 5 heteroatoms. The molecule has 1 saturated heterocycles. The molecule has 2 aliphatic rings. The molecule has 2 aromatic rings. The van der Waals surface area contributed by atoms with E-state index in [1.54, 1.807) is 0 Å². The SMILES string of the molecule is CC1(C)C[C@@H](NC(=O)C2CCN(Cc3ccc(Cl)cc3)CC2)c2ccccc2O1. The molecule has 0 bridgehead atoms. The summed E-state index contributed by atoms with van der Waals surface area (Å²) in [5, 5.41) is 4.08. The van der Waals surface area contributed by atoms with E-state index in [0.717, 1.165) is 55.2 Å². The Morgan fingerprint density at radius 1 is 1.14 bits per heavy atom. The largest absolute Gasteiger partial charge is 0.487 e. The first-order valence-electron chi connectivity index (χ1n) is 10.4. The molecule has 1 fully saturated rings. The predicted octanol–water partition coefficient (Wildman–Crippen LogP) is 4.97. The summed E-state index contributed by atoms with van der Waals surface area (Å²) in [6, 6.07) is 16.1. The summed E-state index contributed by atoms with van der Waals surface area (Å²) in [6.45, 7) is 6.95. The van der Waals surface area contributed by atoms with Crippen molar-refractivity contribution in [2.75, 3.05) is 13.1 Å². The number of piperidine rings is 1. The highest BCUT2D eigenvalue weighted by Crippen LogP contribution is 2.39. The molecule has 1 atom stereocenters. The summed E-state index contributed by atoms with van der Waals surface area (Å²) in [7, 11) is 0. The van der Waals surface area contributed by atoms with Gasteiger partial charge in [-0.15, -0.1) is 0 Å². The molecule has 1 amide bonds. The Labute approximate surface area is 178 Å². The molecule has 1 N–H and O–H groups in total. The Kier molecular flexibility index (Phi) is 5.84. The number of carbonyl (C=O) groups is 1. The number of amides is 1. The standard InChI is InChI=1S/C24H29ClN2O2/c1-24(2)15-21(20-5-3-4-6-22(20)29-24)26-23(28)18-11-13-27(14-12-18)16-17-7-9-19(25)10-8-17/h3-10,18,21H,11-16H2,1-2H3,(H,26,28)/t21-/m1/s1. The van der Waals surface area contributed by atoms with Gasteiger partial charge in [-0.05, 0) is 63.5 Å². The fraction of sp³-hybridized carbons (Fsp3) is 0.458. The molecule has 154 valence electrons. The van der Waals surface area contributed by atoms with E-state index in [1.165, 1.54) is 5.56 Å². The van der Waals surface area contributed by atoms with Crippen molar-refractivity contribution in [2.45, 2.75) is 51.3 Å². The smallest absolute Gasteiger partial charge is 0.223 e. The van der Waals surface area contributed by atoms with Gasteiger partial charge in [0.25, 0.3) is 0 Å². The Balaban J connectivity index is 1.34. The third-order valence-corrected chi connectivity index (χ3v) is 6.22. The van der Waals surface area contributed by atoms with Crippen LogP contribution in [-0.4, -0.2) is 29.5 Å². The molecule has 4 nitrogen and oxygen atoms in total. The Bertz CT molecular complexity index is 857. The van der Waals surface area contributed by atoms with Crippen LogP contribution < -0.4 is 10.1 Å². The van der Waals surface area contributed by atoms with Gasteiger partial charge in [0, 0.05) is 29.5 Å². The summed E-state index contributed by atoms with van der Waals surface area (Å²) in [6.07, 6.45) is 2.58. The van der Waals surface area contributed by atoms with E-state index in [2.05, 4.69) is 42.3 Å². The van der Waals surface area contributed by atoms with Crippen molar-refractivity contribution in [3.8, 4) is 5.75 Å². The van der Waals surface area contributed by atoms with Crippen LogP contribution in [0.5, 0.6) is 5.75 Å². The molecule has 0 radical (unpaired) electrons. The molecule has 0 unspecified atom stereocenters. The molecule has 0 saturated carbocycles. The van der Waals surface area contributed by atoms with E-state index >= 15 is 0 Å². The van der Waals surface area contributed by atoms with Gasteiger partial charge >= 0.3 is 0 Å². The van der Waals surface area contributed by atoms with Crippen molar-refractivity contribution in [2.24, 2.45) is 5.92 Å². The van der Waals surface area contributed by atoms with Crippen molar-refractivity contribution in [1.29, 1.82) is 0 Å². The Morgan fingerprint density at radius 2 is 1.83 bits per heavy atom. The van der Waals surface area contributed by atoms with Crippen LogP contribution in [0, 0.1) is 5.92 Å². The van der Waals surface area contributed by atoms with Gasteiger partial charge in [0.05, 0.1) is 6.04 Å². The van der Waals surface area contributed by atoms with Crippen molar-refractivity contribution in [1.82, 2.24) is 10.2 Å². The minimum Gasteiger partial charge on any atom is -0.487 e. The molecule has 29 heavy (non-hydrogen) atoms. The average Bonchev–Trinajstić information content (AvgIpc) is 2.69. The maximum absolute atomic E-state index is 13.0. The van der Waals surface area contributed by atoms with Crippen molar-refractivity contribution in [3.63, 3.8) is 0 Å². The van der Waals surface area contributed by atoms with Gasteiger partial charge < -0.3 is 10.1 Å². The second-order valence-electron chi connectivity index (χ2n) is 8.84. The molecule has 2 heterocycles. The van der Waals surface area contributed by atoms with Crippen LogP contribution in [0.2, 0.25) is 5.02 Å².